The van der Waals surface area contributed by atoms with Gasteiger partial charge in [-0.05, 0) is 37.5 Å². The van der Waals surface area contributed by atoms with Gasteiger partial charge in [0.25, 0.3) is 0 Å². The summed E-state index contributed by atoms with van der Waals surface area (Å²) in [6.07, 6.45) is 3.97. The fraction of sp³-hybridized carbons (Fsp3) is 0.571. The van der Waals surface area contributed by atoms with Crippen LogP contribution in [-0.4, -0.2) is 48.1 Å². The number of anilines is 1. The first-order valence-corrected chi connectivity index (χ1v) is 6.93. The minimum absolute atomic E-state index is 0.656. The van der Waals surface area contributed by atoms with Crippen molar-refractivity contribution in [1.29, 1.82) is 0 Å². The SMILES string of the molecule is COCCOCCCCNc1nc2cc(C)ccn2n1. The first kappa shape index (κ1) is 14.7. The summed E-state index contributed by atoms with van der Waals surface area (Å²) in [5.74, 6) is 0.677. The van der Waals surface area contributed by atoms with Crippen molar-refractivity contribution < 1.29 is 9.47 Å². The van der Waals surface area contributed by atoms with Gasteiger partial charge in [0.15, 0.2) is 5.65 Å². The van der Waals surface area contributed by atoms with E-state index >= 15 is 0 Å². The van der Waals surface area contributed by atoms with Crippen molar-refractivity contribution in [2.24, 2.45) is 0 Å². The standard InChI is InChI=1S/C14H22N4O2/c1-12-5-7-18-13(11-12)16-14(17-18)15-6-3-4-8-20-10-9-19-2/h5,7,11H,3-4,6,8-10H2,1-2H3,(H,15,17). The molecule has 0 amide bonds. The predicted octanol–water partition coefficient (Wildman–Crippen LogP) is 1.89. The molecule has 0 aliphatic carbocycles. The third-order valence-corrected chi connectivity index (χ3v) is 2.92. The number of methoxy groups -OCH3 is 1. The summed E-state index contributed by atoms with van der Waals surface area (Å²) in [7, 11) is 1.68. The lowest BCUT2D eigenvalue weighted by atomic mass is 10.3. The van der Waals surface area contributed by atoms with Gasteiger partial charge in [0.1, 0.15) is 0 Å². The summed E-state index contributed by atoms with van der Waals surface area (Å²) in [6, 6.07) is 4.03. The van der Waals surface area contributed by atoms with E-state index in [0.29, 0.717) is 19.2 Å². The molecule has 1 N–H and O–H groups in total. The van der Waals surface area contributed by atoms with Crippen LogP contribution in [0.25, 0.3) is 5.65 Å². The Bertz CT molecular complexity index is 527. The molecule has 0 aliphatic heterocycles. The molecule has 2 aromatic rings. The molecule has 110 valence electrons. The van der Waals surface area contributed by atoms with Crippen LogP contribution in [0.4, 0.5) is 5.95 Å². The van der Waals surface area contributed by atoms with Gasteiger partial charge in [-0.2, -0.15) is 4.98 Å². The maximum Gasteiger partial charge on any atom is 0.243 e. The molecule has 6 heteroatoms. The largest absolute Gasteiger partial charge is 0.382 e. The van der Waals surface area contributed by atoms with E-state index in [4.69, 9.17) is 9.47 Å². The first-order chi connectivity index (χ1) is 9.79. The number of ether oxygens (including phenoxy) is 2. The molecule has 0 spiro atoms. The van der Waals surface area contributed by atoms with Crippen molar-refractivity contribution in [2.75, 3.05) is 38.8 Å². The van der Waals surface area contributed by atoms with E-state index in [0.717, 1.165) is 31.6 Å². The summed E-state index contributed by atoms with van der Waals surface area (Å²) in [5, 5.41) is 7.59. The summed E-state index contributed by atoms with van der Waals surface area (Å²) in [6.45, 7) is 4.98. The van der Waals surface area contributed by atoms with Crippen LogP contribution in [-0.2, 0) is 9.47 Å². The van der Waals surface area contributed by atoms with E-state index in [1.54, 1.807) is 11.6 Å². The normalized spacial score (nSPS) is 11.1. The van der Waals surface area contributed by atoms with E-state index in [-0.39, 0.29) is 0 Å². The molecule has 0 aliphatic rings. The number of pyridine rings is 1. The molecule has 2 heterocycles. The molecule has 6 nitrogen and oxygen atoms in total. The molecule has 0 saturated carbocycles. The maximum absolute atomic E-state index is 5.40. The van der Waals surface area contributed by atoms with Crippen molar-refractivity contribution in [3.63, 3.8) is 0 Å². The minimum atomic E-state index is 0.656. The molecule has 2 aromatic heterocycles. The number of aryl methyl sites for hydroxylation is 1. The maximum atomic E-state index is 5.40. The van der Waals surface area contributed by atoms with Crippen LogP contribution in [0.1, 0.15) is 18.4 Å². The second-order valence-corrected chi connectivity index (χ2v) is 4.68. The fourth-order valence-corrected chi connectivity index (χ4v) is 1.83. The number of nitrogens with one attached hydrogen (secondary N) is 1. The number of fused-ring (bicyclic) bond motifs is 1. The van der Waals surface area contributed by atoms with Gasteiger partial charge in [0.2, 0.25) is 5.95 Å². The average molecular weight is 278 g/mol. The molecular formula is C14H22N4O2. The van der Waals surface area contributed by atoms with E-state index in [2.05, 4.69) is 15.4 Å². The lowest BCUT2D eigenvalue weighted by molar-refractivity contribution is 0.0691. The van der Waals surface area contributed by atoms with Crippen molar-refractivity contribution >= 4 is 11.6 Å². The van der Waals surface area contributed by atoms with Gasteiger partial charge in [-0.15, -0.1) is 5.10 Å². The van der Waals surface area contributed by atoms with Crippen LogP contribution in [0.15, 0.2) is 18.3 Å². The zero-order chi connectivity index (χ0) is 14.2. The topological polar surface area (TPSA) is 60.7 Å². The van der Waals surface area contributed by atoms with Gasteiger partial charge < -0.3 is 14.8 Å². The third-order valence-electron chi connectivity index (χ3n) is 2.92. The van der Waals surface area contributed by atoms with Crippen molar-refractivity contribution in [1.82, 2.24) is 14.6 Å². The van der Waals surface area contributed by atoms with Gasteiger partial charge >= 0.3 is 0 Å². The lowest BCUT2D eigenvalue weighted by Gasteiger charge is -2.03. The monoisotopic (exact) mass is 278 g/mol. The number of hydrogen-bond donors (Lipinski definition) is 1. The van der Waals surface area contributed by atoms with Crippen LogP contribution in [0.2, 0.25) is 0 Å². The second kappa shape index (κ2) is 7.81. The molecule has 0 atom stereocenters. The van der Waals surface area contributed by atoms with Crippen LogP contribution in [0.5, 0.6) is 0 Å². The molecular weight excluding hydrogens is 256 g/mol. The highest BCUT2D eigenvalue weighted by atomic mass is 16.5. The predicted molar refractivity (Wildman–Crippen MR) is 78.1 cm³/mol. The summed E-state index contributed by atoms with van der Waals surface area (Å²) in [5.41, 5.74) is 2.06. The zero-order valence-corrected chi connectivity index (χ0v) is 12.1. The lowest BCUT2D eigenvalue weighted by Crippen LogP contribution is -2.07. The van der Waals surface area contributed by atoms with Crippen molar-refractivity contribution in [2.45, 2.75) is 19.8 Å². The zero-order valence-electron chi connectivity index (χ0n) is 12.1. The molecule has 0 aromatic carbocycles. The Morgan fingerprint density at radius 3 is 3.00 bits per heavy atom. The highest BCUT2D eigenvalue weighted by molar-refractivity contribution is 5.45. The van der Waals surface area contributed by atoms with Crippen molar-refractivity contribution in [3.8, 4) is 0 Å². The summed E-state index contributed by atoms with van der Waals surface area (Å²) >= 11 is 0. The number of hydrogen-bond acceptors (Lipinski definition) is 5. The molecule has 0 saturated heterocycles. The Hall–Kier alpha value is -1.66. The van der Waals surface area contributed by atoms with E-state index in [9.17, 15) is 0 Å². The van der Waals surface area contributed by atoms with Gasteiger partial charge in [0.05, 0.1) is 13.2 Å². The molecule has 20 heavy (non-hydrogen) atoms. The Morgan fingerprint density at radius 2 is 2.15 bits per heavy atom. The van der Waals surface area contributed by atoms with Gasteiger partial charge in [0, 0.05) is 26.5 Å². The van der Waals surface area contributed by atoms with Gasteiger partial charge in [-0.1, -0.05) is 0 Å². The highest BCUT2D eigenvalue weighted by Crippen LogP contribution is 2.07. The molecule has 2 rings (SSSR count). The molecule has 0 radical (unpaired) electrons. The number of aromatic nitrogens is 3. The minimum Gasteiger partial charge on any atom is -0.382 e. The first-order valence-electron chi connectivity index (χ1n) is 6.93. The van der Waals surface area contributed by atoms with E-state index in [1.807, 2.05) is 25.3 Å². The second-order valence-electron chi connectivity index (χ2n) is 4.68. The average Bonchev–Trinajstić information content (AvgIpc) is 2.83. The van der Waals surface area contributed by atoms with Crippen LogP contribution in [0.3, 0.4) is 0 Å². The summed E-state index contributed by atoms with van der Waals surface area (Å²) < 4.78 is 12.1. The third kappa shape index (κ3) is 4.47. The molecule has 0 bridgehead atoms. The fourth-order valence-electron chi connectivity index (χ4n) is 1.83. The Morgan fingerprint density at radius 1 is 1.25 bits per heavy atom. The number of rotatable bonds is 9. The Kier molecular flexibility index (Phi) is 5.76. The van der Waals surface area contributed by atoms with Crippen LogP contribution in [0, 0.1) is 6.92 Å². The van der Waals surface area contributed by atoms with E-state index in [1.165, 1.54) is 5.56 Å². The smallest absolute Gasteiger partial charge is 0.243 e. The quantitative estimate of drug-likeness (QED) is 0.710. The molecule has 0 fully saturated rings. The van der Waals surface area contributed by atoms with Gasteiger partial charge in [-0.3, -0.25) is 0 Å². The van der Waals surface area contributed by atoms with Crippen molar-refractivity contribution in [3.05, 3.63) is 23.9 Å². The Balaban J connectivity index is 1.65. The van der Waals surface area contributed by atoms with Crippen LogP contribution >= 0.6 is 0 Å². The highest BCUT2D eigenvalue weighted by Gasteiger charge is 2.02. The van der Waals surface area contributed by atoms with Gasteiger partial charge in [-0.25, -0.2) is 4.52 Å². The summed E-state index contributed by atoms with van der Waals surface area (Å²) in [4.78, 5) is 4.42. The van der Waals surface area contributed by atoms with Crippen LogP contribution < -0.4 is 5.32 Å². The van der Waals surface area contributed by atoms with E-state index < -0.39 is 0 Å². The molecule has 0 unspecified atom stereocenters. The Labute approximate surface area is 119 Å². The number of nitrogens with zero attached hydrogens (tertiary/aromatic N) is 3. The number of unbranched alkanes of at least 4 members (excludes halogenated alkanes) is 1.